The minimum Gasteiger partial charge on any atom is -0.481 e. The Balaban J connectivity index is 3.76. The maximum atomic E-state index is 12.2. The van der Waals surface area contributed by atoms with Crippen molar-refractivity contribution in [3.63, 3.8) is 0 Å². The van der Waals surface area contributed by atoms with E-state index in [-0.39, 0.29) is 37.5 Å². The lowest BCUT2D eigenvalue weighted by atomic mass is 10.0. The van der Waals surface area contributed by atoms with Crippen molar-refractivity contribution in [1.29, 1.82) is 0 Å². The quantitative estimate of drug-likeness (QED) is 0.0618. The van der Waals surface area contributed by atoms with Crippen LogP contribution in [0.15, 0.2) is 0 Å². The number of hydrogen-bond donors (Lipinski definition) is 6. The van der Waals surface area contributed by atoms with E-state index in [0.29, 0.717) is 38.8 Å². The lowest BCUT2D eigenvalue weighted by Crippen LogP contribution is -2.41. The standard InChI is InChI=1S/C31H57N3O8/c1-2-32-25(30(39)40)19-17-18-24-33-27(35)23-22-26(31(41)42)34-28(36)20-15-13-11-9-7-5-3-4-6-8-10-12-14-16-21-29(37)38/h25-26,32H,2-24H2,1H3,(H,33,35)(H,34,36)(H,37,38)(H,39,40)(H,41,42)/t25-,26-/m0/s1. The molecule has 0 saturated carbocycles. The minimum absolute atomic E-state index is 0.0129. The van der Waals surface area contributed by atoms with Gasteiger partial charge in [0.2, 0.25) is 11.8 Å². The van der Waals surface area contributed by atoms with Gasteiger partial charge in [-0.05, 0) is 45.1 Å². The topological polar surface area (TPSA) is 182 Å². The van der Waals surface area contributed by atoms with Crippen molar-refractivity contribution in [2.45, 2.75) is 154 Å². The monoisotopic (exact) mass is 599 g/mol. The first-order chi connectivity index (χ1) is 20.2. The van der Waals surface area contributed by atoms with Gasteiger partial charge in [-0.2, -0.15) is 0 Å². The summed E-state index contributed by atoms with van der Waals surface area (Å²) in [5.41, 5.74) is 0. The Hall–Kier alpha value is -2.69. The van der Waals surface area contributed by atoms with Crippen LogP contribution >= 0.6 is 0 Å². The number of likely N-dealkylation sites (N-methyl/N-ethyl adjacent to an activating group) is 1. The number of carbonyl (C=O) groups excluding carboxylic acids is 2. The fraction of sp³-hybridized carbons (Fsp3) is 0.839. The molecule has 0 aromatic carbocycles. The largest absolute Gasteiger partial charge is 0.481 e. The van der Waals surface area contributed by atoms with Gasteiger partial charge in [0, 0.05) is 25.8 Å². The second kappa shape index (κ2) is 27.2. The highest BCUT2D eigenvalue weighted by molar-refractivity contribution is 5.84. The van der Waals surface area contributed by atoms with Crippen molar-refractivity contribution < 1.29 is 39.3 Å². The number of hydrogen-bond acceptors (Lipinski definition) is 6. The van der Waals surface area contributed by atoms with E-state index in [4.69, 9.17) is 10.2 Å². The number of rotatable bonds is 30. The normalized spacial score (nSPS) is 12.4. The zero-order chi connectivity index (χ0) is 31.4. The van der Waals surface area contributed by atoms with Gasteiger partial charge in [-0.3, -0.25) is 19.2 Å². The average Bonchev–Trinajstić information content (AvgIpc) is 2.93. The third-order valence-electron chi connectivity index (χ3n) is 7.33. The molecule has 0 spiro atoms. The second-order valence-electron chi connectivity index (χ2n) is 11.1. The average molecular weight is 600 g/mol. The molecule has 11 nitrogen and oxygen atoms in total. The zero-order valence-corrected chi connectivity index (χ0v) is 25.8. The van der Waals surface area contributed by atoms with Crippen LogP contribution in [0.2, 0.25) is 0 Å². The number of carboxylic acid groups (broad SMARTS) is 3. The van der Waals surface area contributed by atoms with Gasteiger partial charge in [0.15, 0.2) is 0 Å². The van der Waals surface area contributed by atoms with E-state index in [9.17, 15) is 29.1 Å². The molecular weight excluding hydrogens is 542 g/mol. The second-order valence-corrected chi connectivity index (χ2v) is 11.1. The maximum absolute atomic E-state index is 12.2. The van der Waals surface area contributed by atoms with Gasteiger partial charge in [-0.15, -0.1) is 0 Å². The lowest BCUT2D eigenvalue weighted by molar-refractivity contribution is -0.142. The molecule has 0 aliphatic heterocycles. The molecule has 0 unspecified atom stereocenters. The molecule has 0 rings (SSSR count). The molecule has 0 heterocycles. The summed E-state index contributed by atoms with van der Waals surface area (Å²) >= 11 is 0. The summed E-state index contributed by atoms with van der Waals surface area (Å²) in [7, 11) is 0. The van der Waals surface area contributed by atoms with Gasteiger partial charge in [0.25, 0.3) is 0 Å². The Kier molecular flexibility index (Phi) is 25.4. The lowest BCUT2D eigenvalue weighted by Gasteiger charge is -2.15. The van der Waals surface area contributed by atoms with Gasteiger partial charge >= 0.3 is 17.9 Å². The Morgan fingerprint density at radius 1 is 0.524 bits per heavy atom. The highest BCUT2D eigenvalue weighted by Gasteiger charge is 2.21. The van der Waals surface area contributed by atoms with E-state index in [1.807, 2.05) is 6.92 Å². The van der Waals surface area contributed by atoms with Gasteiger partial charge < -0.3 is 31.3 Å². The van der Waals surface area contributed by atoms with Crippen LogP contribution in [0.1, 0.15) is 142 Å². The zero-order valence-electron chi connectivity index (χ0n) is 25.8. The van der Waals surface area contributed by atoms with Crippen LogP contribution in [0.5, 0.6) is 0 Å². The summed E-state index contributed by atoms with van der Waals surface area (Å²) in [5.74, 6) is -3.35. The van der Waals surface area contributed by atoms with E-state index in [1.54, 1.807) is 0 Å². The van der Waals surface area contributed by atoms with Crippen molar-refractivity contribution in [1.82, 2.24) is 16.0 Å². The highest BCUT2D eigenvalue weighted by Crippen LogP contribution is 2.14. The first-order valence-electron chi connectivity index (χ1n) is 16.1. The van der Waals surface area contributed by atoms with E-state index >= 15 is 0 Å². The van der Waals surface area contributed by atoms with Gasteiger partial charge in [0.1, 0.15) is 12.1 Å². The summed E-state index contributed by atoms with van der Waals surface area (Å²) in [6, 6.07) is -1.70. The molecule has 0 aromatic heterocycles. The van der Waals surface area contributed by atoms with Crippen LogP contribution in [0.3, 0.4) is 0 Å². The summed E-state index contributed by atoms with van der Waals surface area (Å²) in [6.45, 7) is 2.80. The Bertz CT molecular complexity index is 762. The van der Waals surface area contributed by atoms with Crippen molar-refractivity contribution >= 4 is 29.7 Å². The van der Waals surface area contributed by atoms with E-state index in [0.717, 1.165) is 38.5 Å². The number of carbonyl (C=O) groups is 5. The van der Waals surface area contributed by atoms with Crippen LogP contribution in [-0.4, -0.2) is 70.2 Å². The first-order valence-corrected chi connectivity index (χ1v) is 16.1. The number of nitrogens with one attached hydrogen (secondary N) is 3. The van der Waals surface area contributed by atoms with E-state index < -0.39 is 30.0 Å². The first kappa shape index (κ1) is 39.3. The molecule has 0 fully saturated rings. The molecule has 0 bridgehead atoms. The van der Waals surface area contributed by atoms with Crippen molar-refractivity contribution in [2.75, 3.05) is 13.1 Å². The van der Waals surface area contributed by atoms with E-state index in [1.165, 1.54) is 44.9 Å². The Morgan fingerprint density at radius 3 is 1.45 bits per heavy atom. The molecule has 11 heteroatoms. The number of aliphatic carboxylic acids is 3. The molecule has 0 saturated heterocycles. The molecule has 244 valence electrons. The molecular formula is C31H57N3O8. The van der Waals surface area contributed by atoms with Crippen molar-refractivity contribution in [3.8, 4) is 0 Å². The Labute approximate surface area is 252 Å². The fourth-order valence-corrected chi connectivity index (χ4v) is 4.83. The SMILES string of the molecule is CCN[C@@H](CCCCNC(=O)CC[C@H](NC(=O)CCCCCCCCCCCCCCCCC(=O)O)C(=O)O)C(=O)O. The van der Waals surface area contributed by atoms with Crippen LogP contribution < -0.4 is 16.0 Å². The van der Waals surface area contributed by atoms with Crippen molar-refractivity contribution in [3.05, 3.63) is 0 Å². The van der Waals surface area contributed by atoms with Crippen LogP contribution in [0.4, 0.5) is 0 Å². The molecule has 2 amide bonds. The third-order valence-corrected chi connectivity index (χ3v) is 7.33. The van der Waals surface area contributed by atoms with E-state index in [2.05, 4.69) is 16.0 Å². The van der Waals surface area contributed by atoms with Crippen molar-refractivity contribution in [2.24, 2.45) is 0 Å². The predicted molar refractivity (Wildman–Crippen MR) is 162 cm³/mol. The van der Waals surface area contributed by atoms with Crippen LogP contribution in [0, 0.1) is 0 Å². The number of amides is 2. The molecule has 42 heavy (non-hydrogen) atoms. The molecule has 0 aliphatic carbocycles. The summed E-state index contributed by atoms with van der Waals surface area (Å²) in [5, 5.41) is 35.3. The molecule has 0 aromatic rings. The Morgan fingerprint density at radius 2 is 1.00 bits per heavy atom. The number of unbranched alkanes of at least 4 members (excludes halogenated alkanes) is 14. The predicted octanol–water partition coefficient (Wildman–Crippen LogP) is 5.01. The van der Waals surface area contributed by atoms with Crippen LogP contribution in [0.25, 0.3) is 0 Å². The van der Waals surface area contributed by atoms with Gasteiger partial charge in [-0.25, -0.2) is 4.79 Å². The minimum atomic E-state index is -1.16. The summed E-state index contributed by atoms with van der Waals surface area (Å²) in [6.07, 6.45) is 17.5. The molecule has 0 aliphatic rings. The summed E-state index contributed by atoms with van der Waals surface area (Å²) in [4.78, 5) is 57.4. The van der Waals surface area contributed by atoms with Crippen LogP contribution in [-0.2, 0) is 24.0 Å². The number of carboxylic acids is 3. The highest BCUT2D eigenvalue weighted by atomic mass is 16.4. The van der Waals surface area contributed by atoms with Gasteiger partial charge in [-0.1, -0.05) is 84.0 Å². The smallest absolute Gasteiger partial charge is 0.326 e. The summed E-state index contributed by atoms with van der Waals surface area (Å²) < 4.78 is 0. The maximum Gasteiger partial charge on any atom is 0.326 e. The van der Waals surface area contributed by atoms with Gasteiger partial charge in [0.05, 0.1) is 0 Å². The fourth-order valence-electron chi connectivity index (χ4n) is 4.83. The molecule has 2 atom stereocenters. The molecule has 6 N–H and O–H groups in total. The molecule has 0 radical (unpaired) electrons. The third kappa shape index (κ3) is 25.1.